The third-order valence-electron chi connectivity index (χ3n) is 7.46. The van der Waals surface area contributed by atoms with Crippen LogP contribution in [0.3, 0.4) is 0 Å². The molecule has 11 nitrogen and oxygen atoms in total. The Hall–Kier alpha value is -0.0900. The lowest BCUT2D eigenvalue weighted by molar-refractivity contribution is -0.300. The van der Waals surface area contributed by atoms with Crippen LogP contribution in [0.1, 0.15) is 78.1 Å². The Bertz CT molecular complexity index is 642. The van der Waals surface area contributed by atoms with E-state index in [1.54, 1.807) is 0 Å². The molecule has 0 aromatic heterocycles. The fourth-order valence-corrected chi connectivity index (χ4v) is 6.75. The van der Waals surface area contributed by atoms with Crippen LogP contribution in [-0.4, -0.2) is 126 Å². The summed E-state index contributed by atoms with van der Waals surface area (Å²) < 4.78 is 17.5. The molecule has 2 heterocycles. The van der Waals surface area contributed by atoms with E-state index in [-0.39, 0.29) is 11.9 Å². The molecule has 226 valence electrons. The van der Waals surface area contributed by atoms with Crippen LogP contribution in [0, 0.1) is 0 Å². The number of aliphatic hydroxyl groups excluding tert-OH is 8. The molecule has 11 atom stereocenters. The van der Waals surface area contributed by atoms with Crippen LogP contribution in [0.4, 0.5) is 0 Å². The molecular formula is C26H50O11S. The molecule has 0 spiro atoms. The summed E-state index contributed by atoms with van der Waals surface area (Å²) in [7, 11) is 0. The number of thioether (sulfide) groups is 1. The Morgan fingerprint density at radius 3 is 1.97 bits per heavy atom. The van der Waals surface area contributed by atoms with Crippen LogP contribution in [0.5, 0.6) is 0 Å². The highest BCUT2D eigenvalue weighted by molar-refractivity contribution is 8.01. The SMILES string of the molecule is CCCCCCCC1(SC(CCCCC)CO[C@@H]2O[C@H](CO)[C@@H](O)[C@H](O)[C@H]2O)O[C@H](CO)[C@@H](O)[C@H](O)[C@H]1O. The van der Waals surface area contributed by atoms with Crippen molar-refractivity contribution in [1.29, 1.82) is 0 Å². The largest absolute Gasteiger partial charge is 0.394 e. The molecule has 0 amide bonds. The second-order valence-electron chi connectivity index (χ2n) is 10.5. The van der Waals surface area contributed by atoms with Crippen molar-refractivity contribution in [2.24, 2.45) is 0 Å². The summed E-state index contributed by atoms with van der Waals surface area (Å²) in [6, 6.07) is 0. The fourth-order valence-electron chi connectivity index (χ4n) is 5.03. The molecule has 0 radical (unpaired) electrons. The van der Waals surface area contributed by atoms with Gasteiger partial charge in [0.05, 0.1) is 19.8 Å². The van der Waals surface area contributed by atoms with Gasteiger partial charge in [-0.25, -0.2) is 0 Å². The van der Waals surface area contributed by atoms with E-state index in [1.165, 1.54) is 11.8 Å². The van der Waals surface area contributed by atoms with Crippen molar-refractivity contribution in [2.75, 3.05) is 19.8 Å². The Labute approximate surface area is 230 Å². The first-order valence-electron chi connectivity index (χ1n) is 14.1. The van der Waals surface area contributed by atoms with Crippen LogP contribution < -0.4 is 0 Å². The Kier molecular flexibility index (Phi) is 15.3. The van der Waals surface area contributed by atoms with E-state index in [1.807, 2.05) is 0 Å². The summed E-state index contributed by atoms with van der Waals surface area (Å²) >= 11 is 1.28. The normalized spacial score (nSPS) is 38.8. The van der Waals surface area contributed by atoms with Crippen molar-refractivity contribution in [3.05, 3.63) is 0 Å². The molecule has 2 aliphatic heterocycles. The molecule has 2 unspecified atom stereocenters. The van der Waals surface area contributed by atoms with Gasteiger partial charge < -0.3 is 55.1 Å². The predicted molar refractivity (Wildman–Crippen MR) is 141 cm³/mol. The standard InChI is InChI=1S/C26H50O11S/c1-3-5-7-8-10-12-26(24(34)22(32)20(30)18(14-28)37-26)38-16(11-9-6-4-2)15-35-25-23(33)21(31)19(29)17(13-27)36-25/h16-25,27-34H,3-15H2,1-2H3/t16?,17-,18-,19-,20-,21+,22+,23-,24-,25-,26?/m1/s1. The average molecular weight is 571 g/mol. The summed E-state index contributed by atoms with van der Waals surface area (Å²) in [5.74, 6) is 0. The van der Waals surface area contributed by atoms with E-state index in [4.69, 9.17) is 14.2 Å². The zero-order chi connectivity index (χ0) is 28.3. The van der Waals surface area contributed by atoms with E-state index in [9.17, 15) is 40.9 Å². The van der Waals surface area contributed by atoms with Crippen LogP contribution >= 0.6 is 11.8 Å². The van der Waals surface area contributed by atoms with Gasteiger partial charge in [-0.05, 0) is 19.3 Å². The first-order chi connectivity index (χ1) is 18.1. The van der Waals surface area contributed by atoms with Gasteiger partial charge in [-0.2, -0.15) is 0 Å². The van der Waals surface area contributed by atoms with Crippen LogP contribution in [-0.2, 0) is 14.2 Å². The quantitative estimate of drug-likeness (QED) is 0.110. The molecule has 38 heavy (non-hydrogen) atoms. The van der Waals surface area contributed by atoms with Gasteiger partial charge in [0, 0.05) is 5.25 Å². The van der Waals surface area contributed by atoms with E-state index in [0.29, 0.717) is 19.3 Å². The Morgan fingerprint density at radius 2 is 1.34 bits per heavy atom. The van der Waals surface area contributed by atoms with Crippen molar-refractivity contribution in [2.45, 2.75) is 143 Å². The number of aliphatic hydroxyl groups is 8. The van der Waals surface area contributed by atoms with Crippen LogP contribution in [0.2, 0.25) is 0 Å². The molecule has 0 aliphatic carbocycles. The van der Waals surface area contributed by atoms with Crippen molar-refractivity contribution >= 4 is 11.8 Å². The van der Waals surface area contributed by atoms with Crippen LogP contribution in [0.15, 0.2) is 0 Å². The molecule has 12 heteroatoms. The van der Waals surface area contributed by atoms with Gasteiger partial charge in [-0.3, -0.25) is 0 Å². The Balaban J connectivity index is 2.21. The molecule has 2 fully saturated rings. The Morgan fingerprint density at radius 1 is 0.737 bits per heavy atom. The molecule has 0 saturated carbocycles. The lowest BCUT2D eigenvalue weighted by Crippen LogP contribution is -2.64. The highest BCUT2D eigenvalue weighted by Gasteiger charge is 2.54. The molecule has 0 aromatic carbocycles. The van der Waals surface area contributed by atoms with Crippen molar-refractivity contribution in [1.82, 2.24) is 0 Å². The molecule has 0 bridgehead atoms. The van der Waals surface area contributed by atoms with Gasteiger partial charge in [0.25, 0.3) is 0 Å². The minimum atomic E-state index is -1.56. The summed E-state index contributed by atoms with van der Waals surface area (Å²) in [6.45, 7) is 3.12. The number of unbranched alkanes of at least 4 members (excludes halogenated alkanes) is 6. The number of rotatable bonds is 17. The van der Waals surface area contributed by atoms with E-state index in [2.05, 4.69) is 13.8 Å². The zero-order valence-corrected chi connectivity index (χ0v) is 23.5. The van der Waals surface area contributed by atoms with E-state index < -0.39 is 73.3 Å². The molecule has 2 aliphatic rings. The van der Waals surface area contributed by atoms with Crippen molar-refractivity contribution in [3.63, 3.8) is 0 Å². The lowest BCUT2D eigenvalue weighted by atomic mass is 9.91. The van der Waals surface area contributed by atoms with Gasteiger partial charge in [-0.1, -0.05) is 58.8 Å². The molecular weight excluding hydrogens is 520 g/mol. The predicted octanol–water partition coefficient (Wildman–Crippen LogP) is 0.0156. The van der Waals surface area contributed by atoms with Gasteiger partial charge in [0.2, 0.25) is 0 Å². The van der Waals surface area contributed by atoms with Crippen molar-refractivity contribution in [3.8, 4) is 0 Å². The smallest absolute Gasteiger partial charge is 0.186 e. The highest BCUT2D eigenvalue weighted by Crippen LogP contribution is 2.46. The first-order valence-corrected chi connectivity index (χ1v) is 15.0. The topological polar surface area (TPSA) is 190 Å². The first kappa shape index (κ1) is 34.1. The molecule has 2 rings (SSSR count). The third kappa shape index (κ3) is 8.95. The van der Waals surface area contributed by atoms with Gasteiger partial charge in [0.1, 0.15) is 53.8 Å². The summed E-state index contributed by atoms with van der Waals surface area (Å²) in [5, 5.41) is 81.7. The summed E-state index contributed by atoms with van der Waals surface area (Å²) in [4.78, 5) is -1.31. The number of hydrogen-bond acceptors (Lipinski definition) is 12. The number of ether oxygens (including phenoxy) is 3. The molecule has 8 N–H and O–H groups in total. The minimum absolute atomic E-state index is 0.0210. The minimum Gasteiger partial charge on any atom is -0.394 e. The molecule has 2 saturated heterocycles. The molecule has 0 aromatic rings. The van der Waals surface area contributed by atoms with Crippen molar-refractivity contribution < 1.29 is 55.1 Å². The lowest BCUT2D eigenvalue weighted by Gasteiger charge is -2.49. The second-order valence-corrected chi connectivity index (χ2v) is 12.1. The maximum atomic E-state index is 11.2. The van der Waals surface area contributed by atoms with Gasteiger partial charge in [0.15, 0.2) is 6.29 Å². The summed E-state index contributed by atoms with van der Waals surface area (Å²) in [6.07, 6.45) is -3.83. The van der Waals surface area contributed by atoms with E-state index >= 15 is 0 Å². The maximum Gasteiger partial charge on any atom is 0.186 e. The van der Waals surface area contributed by atoms with Gasteiger partial charge in [-0.15, -0.1) is 11.8 Å². The third-order valence-corrected chi connectivity index (χ3v) is 9.10. The van der Waals surface area contributed by atoms with Gasteiger partial charge >= 0.3 is 0 Å². The van der Waals surface area contributed by atoms with Crippen LogP contribution in [0.25, 0.3) is 0 Å². The second kappa shape index (κ2) is 17.0. The number of hydrogen-bond donors (Lipinski definition) is 8. The van der Waals surface area contributed by atoms with E-state index in [0.717, 1.165) is 44.9 Å². The highest BCUT2D eigenvalue weighted by atomic mass is 32.2. The summed E-state index contributed by atoms with van der Waals surface area (Å²) in [5.41, 5.74) is 0. The monoisotopic (exact) mass is 570 g/mol. The fraction of sp³-hybridized carbons (Fsp3) is 1.00. The average Bonchev–Trinajstić information content (AvgIpc) is 2.91. The zero-order valence-electron chi connectivity index (χ0n) is 22.7. The maximum absolute atomic E-state index is 11.2.